The lowest BCUT2D eigenvalue weighted by atomic mass is 10.4. The van der Waals surface area contributed by atoms with Crippen molar-refractivity contribution in [1.82, 2.24) is 0 Å². The molecule has 0 radical (unpaired) electrons. The smallest absolute Gasteiger partial charge is 0.112 e. The van der Waals surface area contributed by atoms with E-state index >= 15 is 0 Å². The molecule has 0 aliphatic heterocycles. The van der Waals surface area contributed by atoms with Crippen molar-refractivity contribution in [3.63, 3.8) is 0 Å². The molecule has 0 saturated carbocycles. The summed E-state index contributed by atoms with van der Waals surface area (Å²) in [4.78, 5) is 1.00. The van der Waals surface area contributed by atoms with E-state index in [1.165, 1.54) is 0 Å². The largest absolute Gasteiger partial charge is 0.381 e. The Balaban J connectivity index is 2.66. The van der Waals surface area contributed by atoms with E-state index in [1.807, 2.05) is 17.5 Å². The van der Waals surface area contributed by atoms with Crippen LogP contribution in [0.15, 0.2) is 17.5 Å². The van der Waals surface area contributed by atoms with E-state index in [1.54, 1.807) is 18.3 Å². The maximum atomic E-state index is 8.78. The van der Waals surface area contributed by atoms with Crippen molar-refractivity contribution in [2.75, 3.05) is 0 Å². The Hall–Kier alpha value is -0.780. The van der Waals surface area contributed by atoms with Crippen LogP contribution in [0.4, 0.5) is 0 Å². The van der Waals surface area contributed by atoms with Crippen molar-refractivity contribution in [3.8, 4) is 11.8 Å². The first kappa shape index (κ1) is 7.33. The summed E-state index contributed by atoms with van der Waals surface area (Å²) < 4.78 is 0. The van der Waals surface area contributed by atoms with Crippen LogP contribution in [0.1, 0.15) is 11.8 Å². The topological polar surface area (TPSA) is 20.2 Å². The first-order chi connectivity index (χ1) is 4.79. The third-order valence-corrected chi connectivity index (χ3v) is 1.71. The van der Waals surface area contributed by atoms with Gasteiger partial charge in [0.1, 0.15) is 6.10 Å². The summed E-state index contributed by atoms with van der Waals surface area (Å²) in [5.41, 5.74) is 0. The fourth-order valence-electron chi connectivity index (χ4n) is 0.525. The predicted molar refractivity (Wildman–Crippen MR) is 42.9 cm³/mol. The van der Waals surface area contributed by atoms with Gasteiger partial charge in [0.2, 0.25) is 0 Å². The fourth-order valence-corrected chi connectivity index (χ4v) is 1.10. The molecule has 1 N–H and O–H groups in total. The standard InChI is InChI=1S/C8H8OS/c1-7(9)4-5-8-3-2-6-10-8/h2-3,6-7,9H,1H3/t7-/m1/s1. The number of thiophene rings is 1. The summed E-state index contributed by atoms with van der Waals surface area (Å²) >= 11 is 1.58. The number of aliphatic hydroxyl groups excluding tert-OH is 1. The van der Waals surface area contributed by atoms with Gasteiger partial charge >= 0.3 is 0 Å². The summed E-state index contributed by atoms with van der Waals surface area (Å²) in [6.07, 6.45) is -0.526. The van der Waals surface area contributed by atoms with Crippen LogP contribution >= 0.6 is 11.3 Å². The Kier molecular flexibility index (Phi) is 2.49. The van der Waals surface area contributed by atoms with Crippen molar-refractivity contribution < 1.29 is 5.11 Å². The van der Waals surface area contributed by atoms with Gasteiger partial charge in [0.15, 0.2) is 0 Å². The molecular formula is C8H8OS. The second-order valence-corrected chi connectivity index (χ2v) is 2.87. The summed E-state index contributed by atoms with van der Waals surface area (Å²) in [7, 11) is 0. The number of hydrogen-bond acceptors (Lipinski definition) is 2. The van der Waals surface area contributed by atoms with Gasteiger partial charge in [-0.15, -0.1) is 11.3 Å². The molecule has 1 aromatic heterocycles. The van der Waals surface area contributed by atoms with E-state index < -0.39 is 6.10 Å². The van der Waals surface area contributed by atoms with E-state index in [-0.39, 0.29) is 0 Å². The Morgan fingerprint density at radius 2 is 2.50 bits per heavy atom. The molecule has 1 rings (SSSR count). The van der Waals surface area contributed by atoms with E-state index in [0.717, 1.165) is 4.88 Å². The number of hydrogen-bond donors (Lipinski definition) is 1. The minimum atomic E-state index is -0.526. The minimum absolute atomic E-state index is 0.526. The van der Waals surface area contributed by atoms with Gasteiger partial charge in [0.05, 0.1) is 4.88 Å². The summed E-state index contributed by atoms with van der Waals surface area (Å²) in [6, 6.07) is 3.87. The zero-order valence-electron chi connectivity index (χ0n) is 5.66. The predicted octanol–water partition coefficient (Wildman–Crippen LogP) is 1.48. The Morgan fingerprint density at radius 1 is 1.70 bits per heavy atom. The van der Waals surface area contributed by atoms with Crippen molar-refractivity contribution in [2.45, 2.75) is 13.0 Å². The Morgan fingerprint density at radius 3 is 3.00 bits per heavy atom. The quantitative estimate of drug-likeness (QED) is 0.558. The van der Waals surface area contributed by atoms with Crippen LogP contribution in [0.2, 0.25) is 0 Å². The first-order valence-electron chi connectivity index (χ1n) is 3.02. The Bertz CT molecular complexity index is 238. The molecule has 0 bridgehead atoms. The molecule has 0 aliphatic carbocycles. The molecule has 2 heteroatoms. The van der Waals surface area contributed by atoms with Gasteiger partial charge in [0.25, 0.3) is 0 Å². The van der Waals surface area contributed by atoms with Crippen LogP contribution in [0.25, 0.3) is 0 Å². The highest BCUT2D eigenvalue weighted by Crippen LogP contribution is 2.05. The normalized spacial score (nSPS) is 11.8. The number of rotatable bonds is 0. The van der Waals surface area contributed by atoms with Gasteiger partial charge in [-0.25, -0.2) is 0 Å². The zero-order chi connectivity index (χ0) is 7.40. The van der Waals surface area contributed by atoms with Crippen molar-refractivity contribution in [2.24, 2.45) is 0 Å². The van der Waals surface area contributed by atoms with Crippen molar-refractivity contribution in [3.05, 3.63) is 22.4 Å². The van der Waals surface area contributed by atoms with E-state index in [0.29, 0.717) is 0 Å². The average molecular weight is 152 g/mol. The lowest BCUT2D eigenvalue weighted by Crippen LogP contribution is -1.91. The molecule has 1 aromatic rings. The molecule has 0 amide bonds. The molecule has 1 atom stereocenters. The van der Waals surface area contributed by atoms with Crippen LogP contribution < -0.4 is 0 Å². The molecule has 0 aliphatic rings. The molecule has 0 spiro atoms. The molecular weight excluding hydrogens is 144 g/mol. The van der Waals surface area contributed by atoms with Crippen LogP contribution in [-0.4, -0.2) is 11.2 Å². The molecule has 0 fully saturated rings. The highest BCUT2D eigenvalue weighted by Gasteiger charge is 1.85. The van der Waals surface area contributed by atoms with Gasteiger partial charge in [0, 0.05) is 0 Å². The van der Waals surface area contributed by atoms with Crippen LogP contribution in [0.5, 0.6) is 0 Å². The van der Waals surface area contributed by atoms with Gasteiger partial charge < -0.3 is 5.11 Å². The van der Waals surface area contributed by atoms with Gasteiger partial charge in [-0.2, -0.15) is 0 Å². The van der Waals surface area contributed by atoms with Gasteiger partial charge in [-0.3, -0.25) is 0 Å². The third kappa shape index (κ3) is 2.22. The summed E-state index contributed by atoms with van der Waals surface area (Å²) in [5.74, 6) is 5.51. The average Bonchev–Trinajstić information content (AvgIpc) is 2.34. The lowest BCUT2D eigenvalue weighted by molar-refractivity contribution is 0.253. The van der Waals surface area contributed by atoms with Crippen LogP contribution in [-0.2, 0) is 0 Å². The minimum Gasteiger partial charge on any atom is -0.381 e. The molecule has 0 unspecified atom stereocenters. The highest BCUT2D eigenvalue weighted by atomic mass is 32.1. The van der Waals surface area contributed by atoms with Crippen LogP contribution in [0, 0.1) is 11.8 Å². The lowest BCUT2D eigenvalue weighted by Gasteiger charge is -1.84. The van der Waals surface area contributed by atoms with E-state index in [9.17, 15) is 0 Å². The monoisotopic (exact) mass is 152 g/mol. The van der Waals surface area contributed by atoms with Gasteiger partial charge in [-0.1, -0.05) is 17.9 Å². The molecule has 0 saturated heterocycles. The molecule has 10 heavy (non-hydrogen) atoms. The fraction of sp³-hybridized carbons (Fsp3) is 0.250. The second-order valence-electron chi connectivity index (χ2n) is 1.92. The van der Waals surface area contributed by atoms with Gasteiger partial charge in [-0.05, 0) is 18.4 Å². The van der Waals surface area contributed by atoms with E-state index in [4.69, 9.17) is 5.11 Å². The SMILES string of the molecule is C[C@@H](O)C#Cc1cccs1. The third-order valence-electron chi connectivity index (χ3n) is 0.925. The first-order valence-corrected chi connectivity index (χ1v) is 3.90. The van der Waals surface area contributed by atoms with Crippen LogP contribution in [0.3, 0.4) is 0 Å². The molecule has 52 valence electrons. The molecule has 0 aromatic carbocycles. The van der Waals surface area contributed by atoms with Crippen molar-refractivity contribution >= 4 is 11.3 Å². The Labute approximate surface area is 64.3 Å². The maximum Gasteiger partial charge on any atom is 0.112 e. The summed E-state index contributed by atoms with van der Waals surface area (Å²) in [6.45, 7) is 1.65. The van der Waals surface area contributed by atoms with Crippen molar-refractivity contribution in [1.29, 1.82) is 0 Å². The zero-order valence-corrected chi connectivity index (χ0v) is 6.48. The second kappa shape index (κ2) is 3.40. The maximum absolute atomic E-state index is 8.78. The number of aliphatic hydroxyl groups is 1. The van der Waals surface area contributed by atoms with E-state index in [2.05, 4.69) is 11.8 Å². The summed E-state index contributed by atoms with van der Waals surface area (Å²) in [5, 5.41) is 10.7. The molecule has 1 nitrogen and oxygen atoms in total. The molecule has 1 heterocycles. The highest BCUT2D eigenvalue weighted by molar-refractivity contribution is 7.10.